The Balaban J connectivity index is 1.65. The first-order chi connectivity index (χ1) is 13.6. The van der Waals surface area contributed by atoms with Gasteiger partial charge in [-0.05, 0) is 60.9 Å². The molecule has 28 heavy (non-hydrogen) atoms. The van der Waals surface area contributed by atoms with Gasteiger partial charge < -0.3 is 10.1 Å². The van der Waals surface area contributed by atoms with Crippen LogP contribution < -0.4 is 10.1 Å². The van der Waals surface area contributed by atoms with Crippen LogP contribution in [-0.4, -0.2) is 15.0 Å². The zero-order valence-electron chi connectivity index (χ0n) is 15.0. The summed E-state index contributed by atoms with van der Waals surface area (Å²) < 4.78 is 5.88. The van der Waals surface area contributed by atoms with E-state index in [0.717, 1.165) is 22.2 Å². The number of rotatable bonds is 4. The number of nitrogens with zero attached hydrogens (tertiary/aromatic N) is 3. The smallest absolute Gasteiger partial charge is 0.207 e. The number of ether oxygens (including phenoxy) is 1. The second-order valence-electron chi connectivity index (χ2n) is 6.06. The molecule has 0 fully saturated rings. The number of halogens is 1. The summed E-state index contributed by atoms with van der Waals surface area (Å²) >= 11 is 6.07. The molecule has 0 aliphatic rings. The van der Waals surface area contributed by atoms with Gasteiger partial charge in [0.2, 0.25) is 5.82 Å². The highest BCUT2D eigenvalue weighted by Gasteiger charge is 2.10. The molecule has 0 saturated carbocycles. The number of para-hydroxylation sites is 1. The number of nitrogens with one attached hydrogen (secondary N) is 1. The summed E-state index contributed by atoms with van der Waals surface area (Å²) in [6.07, 6.45) is 7.11. The van der Waals surface area contributed by atoms with Crippen molar-refractivity contribution < 1.29 is 4.74 Å². The third-order valence-electron chi connectivity index (χ3n) is 4.11. The van der Waals surface area contributed by atoms with Crippen molar-refractivity contribution in [1.29, 1.82) is 0 Å². The lowest BCUT2D eigenvalue weighted by molar-refractivity contribution is 0.477. The number of terminal acetylenes is 1. The number of pyridine rings is 1. The minimum atomic E-state index is 0.318. The summed E-state index contributed by atoms with van der Waals surface area (Å²) in [6, 6.07) is 17.0. The van der Waals surface area contributed by atoms with E-state index in [1.54, 1.807) is 18.3 Å². The quantitative estimate of drug-likeness (QED) is 0.370. The van der Waals surface area contributed by atoms with Crippen LogP contribution in [0, 0.1) is 19.3 Å². The fourth-order valence-electron chi connectivity index (χ4n) is 2.78. The molecule has 0 amide bonds. The number of hydrogen-bond acceptors (Lipinski definition) is 5. The van der Waals surface area contributed by atoms with Crippen LogP contribution >= 0.6 is 11.6 Å². The molecule has 0 saturated heterocycles. The molecular formula is C22H15ClN4O. The van der Waals surface area contributed by atoms with Gasteiger partial charge in [-0.2, -0.15) is 0 Å². The van der Waals surface area contributed by atoms with Crippen LogP contribution in [0.1, 0.15) is 11.4 Å². The van der Waals surface area contributed by atoms with Crippen molar-refractivity contribution in [2.24, 2.45) is 0 Å². The molecule has 0 atom stereocenters. The Kier molecular flexibility index (Phi) is 4.79. The molecule has 5 nitrogen and oxygen atoms in total. The van der Waals surface area contributed by atoms with Gasteiger partial charge in [-0.1, -0.05) is 23.7 Å². The van der Waals surface area contributed by atoms with Gasteiger partial charge >= 0.3 is 0 Å². The van der Waals surface area contributed by atoms with Crippen LogP contribution in [0.3, 0.4) is 0 Å². The van der Waals surface area contributed by atoms with E-state index < -0.39 is 0 Å². The van der Waals surface area contributed by atoms with Crippen molar-refractivity contribution >= 4 is 34.0 Å². The zero-order valence-corrected chi connectivity index (χ0v) is 15.7. The van der Waals surface area contributed by atoms with Gasteiger partial charge in [0.25, 0.3) is 0 Å². The lowest BCUT2D eigenvalue weighted by Crippen LogP contribution is -2.00. The Morgan fingerprint density at radius 1 is 1.04 bits per heavy atom. The van der Waals surface area contributed by atoms with Crippen LogP contribution in [0.25, 0.3) is 10.9 Å². The van der Waals surface area contributed by atoms with E-state index in [9.17, 15) is 0 Å². The van der Waals surface area contributed by atoms with Crippen molar-refractivity contribution in [3.8, 4) is 23.8 Å². The van der Waals surface area contributed by atoms with Crippen LogP contribution in [0.4, 0.5) is 11.5 Å². The van der Waals surface area contributed by atoms with Crippen LogP contribution in [0.15, 0.2) is 60.8 Å². The second kappa shape index (κ2) is 7.55. The van der Waals surface area contributed by atoms with Gasteiger partial charge in [-0.15, -0.1) is 6.42 Å². The van der Waals surface area contributed by atoms with Crippen LogP contribution in [0.2, 0.25) is 5.15 Å². The monoisotopic (exact) mass is 386 g/mol. The minimum absolute atomic E-state index is 0.318. The van der Waals surface area contributed by atoms with E-state index in [2.05, 4.69) is 26.2 Å². The van der Waals surface area contributed by atoms with E-state index >= 15 is 0 Å². The summed E-state index contributed by atoms with van der Waals surface area (Å²) in [4.78, 5) is 12.8. The highest BCUT2D eigenvalue weighted by molar-refractivity contribution is 6.30. The third-order valence-corrected chi connectivity index (χ3v) is 4.40. The molecule has 4 rings (SSSR count). The van der Waals surface area contributed by atoms with Crippen molar-refractivity contribution in [2.45, 2.75) is 6.92 Å². The van der Waals surface area contributed by atoms with Crippen LogP contribution in [0.5, 0.6) is 11.5 Å². The lowest BCUT2D eigenvalue weighted by atomic mass is 10.2. The molecule has 0 bridgehead atoms. The number of aromatic nitrogens is 3. The fraction of sp³-hybridized carbons (Fsp3) is 0.0455. The van der Waals surface area contributed by atoms with E-state index in [0.29, 0.717) is 28.3 Å². The molecule has 0 unspecified atom stereocenters. The maximum absolute atomic E-state index is 6.07. The topological polar surface area (TPSA) is 59.9 Å². The molecule has 0 aliphatic carbocycles. The van der Waals surface area contributed by atoms with E-state index in [-0.39, 0.29) is 0 Å². The molecule has 6 heteroatoms. The van der Waals surface area contributed by atoms with Gasteiger partial charge in [0.05, 0.1) is 5.52 Å². The summed E-state index contributed by atoms with van der Waals surface area (Å²) in [5, 5.41) is 4.53. The number of hydrogen-bond donors (Lipinski definition) is 1. The molecule has 136 valence electrons. The lowest BCUT2D eigenvalue weighted by Gasteiger charge is -2.13. The van der Waals surface area contributed by atoms with Gasteiger partial charge in [0, 0.05) is 17.3 Å². The fourth-order valence-corrected chi connectivity index (χ4v) is 2.94. The first-order valence-corrected chi connectivity index (χ1v) is 8.91. The maximum Gasteiger partial charge on any atom is 0.207 e. The van der Waals surface area contributed by atoms with Crippen molar-refractivity contribution in [3.05, 3.63) is 77.3 Å². The SMILES string of the molecule is C#Cc1nc(Nc2ccc(Oc3cccnc3Cl)c(C)c2)c2ccccc2n1. The van der Waals surface area contributed by atoms with Crippen molar-refractivity contribution in [2.75, 3.05) is 5.32 Å². The van der Waals surface area contributed by atoms with Gasteiger partial charge in [0.1, 0.15) is 11.6 Å². The maximum atomic E-state index is 6.07. The molecule has 2 aromatic carbocycles. The predicted octanol–water partition coefficient (Wildman–Crippen LogP) is 5.50. The molecule has 4 aromatic rings. The Morgan fingerprint density at radius 3 is 2.68 bits per heavy atom. The third kappa shape index (κ3) is 3.59. The summed E-state index contributed by atoms with van der Waals surface area (Å²) in [5.41, 5.74) is 2.57. The van der Waals surface area contributed by atoms with Gasteiger partial charge in [0.15, 0.2) is 10.9 Å². The Bertz CT molecular complexity index is 1220. The molecular weight excluding hydrogens is 372 g/mol. The zero-order chi connectivity index (χ0) is 19.5. The first-order valence-electron chi connectivity index (χ1n) is 8.53. The number of fused-ring (bicyclic) bond motifs is 1. The summed E-state index contributed by atoms with van der Waals surface area (Å²) in [6.45, 7) is 1.95. The Hall–Kier alpha value is -3.62. The molecule has 2 aromatic heterocycles. The Labute approximate surface area is 167 Å². The first kappa shape index (κ1) is 17.8. The molecule has 0 aliphatic heterocycles. The molecule has 0 radical (unpaired) electrons. The summed E-state index contributed by atoms with van der Waals surface area (Å²) in [7, 11) is 0. The van der Waals surface area contributed by atoms with E-state index in [4.69, 9.17) is 22.8 Å². The molecule has 1 N–H and O–H groups in total. The standard InChI is InChI=1S/C22H15ClN4O/c1-3-20-26-17-8-5-4-7-16(17)22(27-20)25-15-10-11-18(14(2)13-15)28-19-9-6-12-24-21(19)23/h1,4-13H,2H3,(H,25,26,27). The highest BCUT2D eigenvalue weighted by Crippen LogP contribution is 2.32. The van der Waals surface area contributed by atoms with Crippen molar-refractivity contribution in [1.82, 2.24) is 15.0 Å². The minimum Gasteiger partial charge on any atom is -0.454 e. The van der Waals surface area contributed by atoms with E-state index in [1.807, 2.05) is 49.4 Å². The summed E-state index contributed by atoms with van der Waals surface area (Å²) in [5.74, 6) is 4.69. The van der Waals surface area contributed by atoms with Gasteiger partial charge in [-0.3, -0.25) is 0 Å². The average molecular weight is 387 g/mol. The number of anilines is 2. The Morgan fingerprint density at radius 2 is 1.89 bits per heavy atom. The van der Waals surface area contributed by atoms with Gasteiger partial charge in [-0.25, -0.2) is 15.0 Å². The number of benzene rings is 2. The van der Waals surface area contributed by atoms with Crippen molar-refractivity contribution in [3.63, 3.8) is 0 Å². The van der Waals surface area contributed by atoms with E-state index in [1.165, 1.54) is 0 Å². The highest BCUT2D eigenvalue weighted by atomic mass is 35.5. The normalized spacial score (nSPS) is 10.5. The average Bonchev–Trinajstić information content (AvgIpc) is 2.71. The molecule has 0 spiro atoms. The van der Waals surface area contributed by atoms with Crippen LogP contribution in [-0.2, 0) is 0 Å². The largest absolute Gasteiger partial charge is 0.454 e. The number of aryl methyl sites for hydroxylation is 1. The predicted molar refractivity (Wildman–Crippen MR) is 111 cm³/mol. The molecule has 2 heterocycles. The second-order valence-corrected chi connectivity index (χ2v) is 6.42.